The highest BCUT2D eigenvalue weighted by atomic mass is 35.5. The molecule has 8 heteroatoms. The third-order valence-corrected chi connectivity index (χ3v) is 2.97. The highest BCUT2D eigenvalue weighted by Crippen LogP contribution is 2.30. The number of non-ortho nitro benzene ring substituents is 1. The number of hydrogen-bond acceptors (Lipinski definition) is 6. The Labute approximate surface area is 117 Å². The van der Waals surface area contributed by atoms with Crippen molar-refractivity contribution < 1.29 is 9.55 Å². The number of aromatic nitrogens is 2. The molecule has 3 aromatic rings. The van der Waals surface area contributed by atoms with Crippen molar-refractivity contribution in [3.8, 4) is 0 Å². The minimum absolute atomic E-state index is 0.106. The molecule has 0 bridgehead atoms. The van der Waals surface area contributed by atoms with E-state index in [2.05, 4.69) is 20.3 Å². The predicted octanol–water partition coefficient (Wildman–Crippen LogP) is 3.53. The molecule has 1 heterocycles. The van der Waals surface area contributed by atoms with Crippen molar-refractivity contribution in [2.45, 2.75) is 0 Å². The van der Waals surface area contributed by atoms with Gasteiger partial charge in [0.15, 0.2) is 5.52 Å². The second-order valence-corrected chi connectivity index (χ2v) is 4.42. The number of hydrogen-bond donors (Lipinski definition) is 1. The molecular formula is C12H7ClN4O3. The minimum Gasteiger partial charge on any atom is -0.354 e. The minimum atomic E-state index is -0.529. The zero-order valence-corrected chi connectivity index (χ0v) is 10.7. The van der Waals surface area contributed by atoms with Gasteiger partial charge in [0, 0.05) is 16.8 Å². The van der Waals surface area contributed by atoms with E-state index in [4.69, 9.17) is 11.6 Å². The number of halogens is 1. The Balaban J connectivity index is 2.04. The van der Waals surface area contributed by atoms with Gasteiger partial charge in [-0.1, -0.05) is 11.6 Å². The average Bonchev–Trinajstić information content (AvgIpc) is 2.91. The lowest BCUT2D eigenvalue weighted by Gasteiger charge is -2.06. The lowest BCUT2D eigenvalue weighted by atomic mass is 10.2. The highest BCUT2D eigenvalue weighted by molar-refractivity contribution is 6.30. The topological polar surface area (TPSA) is 94.1 Å². The number of anilines is 2. The molecule has 0 aliphatic rings. The standard InChI is InChI=1S/C12H7ClN4O3/c13-7-1-3-8(4-2-7)14-9-5-6-10(17(18)19)12-11(9)15-20-16-12/h1-6,14H. The van der Waals surface area contributed by atoms with Gasteiger partial charge in [-0.3, -0.25) is 10.1 Å². The molecule has 0 aliphatic carbocycles. The van der Waals surface area contributed by atoms with E-state index in [1.54, 1.807) is 30.3 Å². The van der Waals surface area contributed by atoms with Crippen LogP contribution in [0, 0.1) is 10.1 Å². The fourth-order valence-corrected chi connectivity index (χ4v) is 1.92. The molecular weight excluding hydrogens is 284 g/mol. The summed E-state index contributed by atoms with van der Waals surface area (Å²) in [7, 11) is 0. The van der Waals surface area contributed by atoms with Crippen molar-refractivity contribution >= 4 is 39.7 Å². The molecule has 1 aromatic heterocycles. The Morgan fingerprint density at radius 2 is 1.80 bits per heavy atom. The molecule has 0 unspecified atom stereocenters. The summed E-state index contributed by atoms with van der Waals surface area (Å²) >= 11 is 5.81. The van der Waals surface area contributed by atoms with Crippen LogP contribution in [0.5, 0.6) is 0 Å². The van der Waals surface area contributed by atoms with Crippen LogP contribution in [-0.2, 0) is 0 Å². The SMILES string of the molecule is O=[N+]([O-])c1ccc(Nc2ccc(Cl)cc2)c2nonc12. The van der Waals surface area contributed by atoms with Crippen LogP contribution in [0.3, 0.4) is 0 Å². The zero-order chi connectivity index (χ0) is 14.1. The van der Waals surface area contributed by atoms with Crippen LogP contribution in [0.4, 0.5) is 17.1 Å². The van der Waals surface area contributed by atoms with E-state index >= 15 is 0 Å². The van der Waals surface area contributed by atoms with Crippen molar-refractivity contribution in [2.24, 2.45) is 0 Å². The first-order valence-electron chi connectivity index (χ1n) is 5.57. The Bertz CT molecular complexity index is 785. The van der Waals surface area contributed by atoms with Gasteiger partial charge in [0.2, 0.25) is 5.52 Å². The van der Waals surface area contributed by atoms with Gasteiger partial charge in [-0.15, -0.1) is 0 Å². The lowest BCUT2D eigenvalue weighted by molar-refractivity contribution is -0.383. The first-order valence-corrected chi connectivity index (χ1v) is 5.95. The number of nitro groups is 1. The van der Waals surface area contributed by atoms with Crippen LogP contribution in [0.2, 0.25) is 5.02 Å². The van der Waals surface area contributed by atoms with Crippen LogP contribution < -0.4 is 5.32 Å². The number of nitrogens with zero attached hydrogens (tertiary/aromatic N) is 3. The van der Waals surface area contributed by atoms with Crippen LogP contribution in [-0.4, -0.2) is 15.2 Å². The Morgan fingerprint density at radius 1 is 1.10 bits per heavy atom. The third kappa shape index (κ3) is 2.14. The number of rotatable bonds is 3. The first kappa shape index (κ1) is 12.4. The smallest absolute Gasteiger partial charge is 0.300 e. The van der Waals surface area contributed by atoms with Gasteiger partial charge >= 0.3 is 5.69 Å². The summed E-state index contributed by atoms with van der Waals surface area (Å²) in [5.41, 5.74) is 1.59. The molecule has 0 aliphatic heterocycles. The second kappa shape index (κ2) is 4.78. The second-order valence-electron chi connectivity index (χ2n) is 3.98. The quantitative estimate of drug-likeness (QED) is 0.586. The van der Waals surface area contributed by atoms with Gasteiger partial charge in [0.25, 0.3) is 0 Å². The molecule has 0 fully saturated rings. The van der Waals surface area contributed by atoms with Gasteiger partial charge < -0.3 is 5.32 Å². The fraction of sp³-hybridized carbons (Fsp3) is 0. The van der Waals surface area contributed by atoms with Gasteiger partial charge in [0.1, 0.15) is 0 Å². The third-order valence-electron chi connectivity index (χ3n) is 2.71. The van der Waals surface area contributed by atoms with E-state index in [-0.39, 0.29) is 11.2 Å². The predicted molar refractivity (Wildman–Crippen MR) is 73.2 cm³/mol. The Hall–Kier alpha value is -2.67. The summed E-state index contributed by atoms with van der Waals surface area (Å²) in [6.45, 7) is 0. The maximum Gasteiger partial charge on any atom is 0.300 e. The molecule has 20 heavy (non-hydrogen) atoms. The van der Waals surface area contributed by atoms with E-state index in [1.165, 1.54) is 6.07 Å². The zero-order valence-electron chi connectivity index (χ0n) is 9.91. The summed E-state index contributed by atoms with van der Waals surface area (Å²) in [6, 6.07) is 9.93. The maximum atomic E-state index is 10.9. The molecule has 0 atom stereocenters. The maximum absolute atomic E-state index is 10.9. The van der Waals surface area contributed by atoms with E-state index in [1.807, 2.05) is 0 Å². The van der Waals surface area contributed by atoms with Gasteiger partial charge in [0.05, 0.1) is 10.6 Å². The van der Waals surface area contributed by atoms with Crippen molar-refractivity contribution in [2.75, 3.05) is 5.32 Å². The van der Waals surface area contributed by atoms with Crippen molar-refractivity contribution in [1.82, 2.24) is 10.3 Å². The van der Waals surface area contributed by atoms with Crippen LogP contribution in [0.25, 0.3) is 11.0 Å². The fourth-order valence-electron chi connectivity index (χ4n) is 1.79. The molecule has 100 valence electrons. The summed E-state index contributed by atoms with van der Waals surface area (Å²) in [6.07, 6.45) is 0. The molecule has 0 saturated heterocycles. The molecule has 0 spiro atoms. The molecule has 0 saturated carbocycles. The van der Waals surface area contributed by atoms with Crippen molar-refractivity contribution in [1.29, 1.82) is 0 Å². The van der Waals surface area contributed by atoms with Gasteiger partial charge in [-0.05, 0) is 40.6 Å². The number of nitrogens with one attached hydrogen (secondary N) is 1. The number of nitro benzene ring substituents is 1. The summed E-state index contributed by atoms with van der Waals surface area (Å²) in [5, 5.41) is 21.8. The highest BCUT2D eigenvalue weighted by Gasteiger charge is 2.19. The van der Waals surface area contributed by atoms with Gasteiger partial charge in [-0.2, -0.15) is 0 Å². The van der Waals surface area contributed by atoms with E-state index in [0.717, 1.165) is 5.69 Å². The molecule has 0 amide bonds. The molecule has 1 N–H and O–H groups in total. The van der Waals surface area contributed by atoms with Crippen LogP contribution in [0.15, 0.2) is 41.0 Å². The molecule has 0 radical (unpaired) electrons. The summed E-state index contributed by atoms with van der Waals surface area (Å²) < 4.78 is 4.59. The molecule has 7 nitrogen and oxygen atoms in total. The van der Waals surface area contributed by atoms with Crippen LogP contribution >= 0.6 is 11.6 Å². The molecule has 3 rings (SSSR count). The summed E-state index contributed by atoms with van der Waals surface area (Å²) in [5.74, 6) is 0. The Morgan fingerprint density at radius 3 is 2.50 bits per heavy atom. The van der Waals surface area contributed by atoms with Gasteiger partial charge in [-0.25, -0.2) is 4.63 Å². The average molecular weight is 291 g/mol. The number of fused-ring (bicyclic) bond motifs is 1. The van der Waals surface area contributed by atoms with Crippen molar-refractivity contribution in [3.05, 3.63) is 51.5 Å². The van der Waals surface area contributed by atoms with Crippen molar-refractivity contribution in [3.63, 3.8) is 0 Å². The largest absolute Gasteiger partial charge is 0.354 e. The van der Waals surface area contributed by atoms with E-state index in [9.17, 15) is 10.1 Å². The normalized spacial score (nSPS) is 10.7. The number of benzene rings is 2. The Kier molecular flexibility index (Phi) is 2.96. The van der Waals surface area contributed by atoms with E-state index < -0.39 is 4.92 Å². The summed E-state index contributed by atoms with van der Waals surface area (Å²) in [4.78, 5) is 10.4. The van der Waals surface area contributed by atoms with Crippen LogP contribution in [0.1, 0.15) is 0 Å². The monoisotopic (exact) mass is 290 g/mol. The van der Waals surface area contributed by atoms with E-state index in [0.29, 0.717) is 16.2 Å². The first-order chi connectivity index (χ1) is 9.65. The molecule has 2 aromatic carbocycles. The lowest BCUT2D eigenvalue weighted by Crippen LogP contribution is -1.94.